The molecule has 0 bridgehead atoms. The van der Waals surface area contributed by atoms with Gasteiger partial charge in [-0.15, -0.1) is 0 Å². The number of fused-ring (bicyclic) bond motifs is 1. The highest BCUT2D eigenvalue weighted by Gasteiger charge is 2.19. The third-order valence-corrected chi connectivity index (χ3v) is 5.45. The molecule has 0 aromatic heterocycles. The largest absolute Gasteiger partial charge is 0.326 e. The maximum Gasteiger partial charge on any atom is 0.262 e. The van der Waals surface area contributed by atoms with Crippen LogP contribution in [0.4, 0.5) is 11.4 Å². The standard InChI is InChI=1S/C16H15ClN2O3S/c1-10-2-4-12(17)9-15(10)23(21,22)19-13-5-6-14-11(8-13)3-7-16(20)18-14/h2,4-6,8-9,19H,3,7H2,1H3,(H,18,20). The summed E-state index contributed by atoms with van der Waals surface area (Å²) in [4.78, 5) is 11.5. The molecule has 1 amide bonds. The molecule has 23 heavy (non-hydrogen) atoms. The Labute approximate surface area is 139 Å². The van der Waals surface area contributed by atoms with Crippen LogP contribution in [0.2, 0.25) is 5.02 Å². The molecule has 1 aliphatic rings. The summed E-state index contributed by atoms with van der Waals surface area (Å²) in [6.07, 6.45) is 0.990. The Kier molecular flexibility index (Phi) is 4.04. The highest BCUT2D eigenvalue weighted by molar-refractivity contribution is 7.92. The molecular weight excluding hydrogens is 336 g/mol. The first-order valence-electron chi connectivity index (χ1n) is 7.07. The number of aryl methyl sites for hydroxylation is 2. The SMILES string of the molecule is Cc1ccc(Cl)cc1S(=O)(=O)Nc1ccc2c(c1)CCC(=O)N2. The second-order valence-electron chi connectivity index (χ2n) is 5.44. The number of sulfonamides is 1. The highest BCUT2D eigenvalue weighted by Crippen LogP contribution is 2.28. The molecule has 0 atom stereocenters. The lowest BCUT2D eigenvalue weighted by atomic mass is 10.0. The highest BCUT2D eigenvalue weighted by atomic mass is 35.5. The molecule has 0 spiro atoms. The number of benzene rings is 2. The van der Waals surface area contributed by atoms with E-state index in [0.717, 1.165) is 11.3 Å². The van der Waals surface area contributed by atoms with Crippen molar-refractivity contribution in [2.24, 2.45) is 0 Å². The van der Waals surface area contributed by atoms with E-state index in [2.05, 4.69) is 10.0 Å². The average molecular weight is 351 g/mol. The zero-order valence-electron chi connectivity index (χ0n) is 12.4. The number of hydrogen-bond acceptors (Lipinski definition) is 3. The van der Waals surface area contributed by atoms with Crippen molar-refractivity contribution in [3.05, 3.63) is 52.5 Å². The average Bonchev–Trinajstić information content (AvgIpc) is 2.49. The predicted molar refractivity (Wildman–Crippen MR) is 90.4 cm³/mol. The van der Waals surface area contributed by atoms with Gasteiger partial charge in [0.1, 0.15) is 0 Å². The molecule has 2 aromatic carbocycles. The van der Waals surface area contributed by atoms with Crippen LogP contribution in [0.5, 0.6) is 0 Å². The fourth-order valence-electron chi connectivity index (χ4n) is 2.52. The Morgan fingerprint density at radius 1 is 1.13 bits per heavy atom. The quantitative estimate of drug-likeness (QED) is 0.891. The van der Waals surface area contributed by atoms with Gasteiger partial charge in [-0.25, -0.2) is 8.42 Å². The first-order valence-corrected chi connectivity index (χ1v) is 8.93. The van der Waals surface area contributed by atoms with Crippen molar-refractivity contribution < 1.29 is 13.2 Å². The lowest BCUT2D eigenvalue weighted by Crippen LogP contribution is -2.19. The van der Waals surface area contributed by atoms with E-state index < -0.39 is 10.0 Å². The van der Waals surface area contributed by atoms with Crippen LogP contribution in [0.1, 0.15) is 17.5 Å². The number of anilines is 2. The molecule has 1 aliphatic heterocycles. The summed E-state index contributed by atoms with van der Waals surface area (Å²) in [6.45, 7) is 1.72. The maximum absolute atomic E-state index is 12.6. The smallest absolute Gasteiger partial charge is 0.262 e. The van der Waals surface area contributed by atoms with Gasteiger partial charge < -0.3 is 5.32 Å². The summed E-state index contributed by atoms with van der Waals surface area (Å²) < 4.78 is 27.7. The van der Waals surface area contributed by atoms with E-state index in [-0.39, 0.29) is 10.8 Å². The van der Waals surface area contributed by atoms with E-state index in [1.165, 1.54) is 6.07 Å². The first kappa shape index (κ1) is 15.8. The molecule has 0 saturated carbocycles. The van der Waals surface area contributed by atoms with Crippen LogP contribution in [0.3, 0.4) is 0 Å². The van der Waals surface area contributed by atoms with Gasteiger partial charge in [-0.05, 0) is 54.8 Å². The van der Waals surface area contributed by atoms with Gasteiger partial charge in [0.15, 0.2) is 0 Å². The summed E-state index contributed by atoms with van der Waals surface area (Å²) in [5.41, 5.74) is 2.71. The monoisotopic (exact) mass is 350 g/mol. The Morgan fingerprint density at radius 3 is 2.70 bits per heavy atom. The summed E-state index contributed by atoms with van der Waals surface area (Å²) in [5.74, 6) is -0.0274. The minimum atomic E-state index is -3.73. The molecule has 7 heteroatoms. The molecule has 0 fully saturated rings. The van der Waals surface area contributed by atoms with Crippen molar-refractivity contribution in [2.75, 3.05) is 10.0 Å². The molecule has 0 aliphatic carbocycles. The molecule has 2 N–H and O–H groups in total. The minimum absolute atomic E-state index is 0.0274. The lowest BCUT2D eigenvalue weighted by molar-refractivity contribution is -0.116. The molecule has 2 aromatic rings. The van der Waals surface area contributed by atoms with Crippen molar-refractivity contribution in [1.29, 1.82) is 0 Å². The first-order chi connectivity index (χ1) is 10.8. The topological polar surface area (TPSA) is 75.3 Å². The lowest BCUT2D eigenvalue weighted by Gasteiger charge is -2.18. The number of carbonyl (C=O) groups is 1. The van der Waals surface area contributed by atoms with Crippen molar-refractivity contribution >= 4 is 38.9 Å². The van der Waals surface area contributed by atoms with E-state index in [0.29, 0.717) is 29.1 Å². The predicted octanol–water partition coefficient (Wildman–Crippen LogP) is 3.33. The third-order valence-electron chi connectivity index (χ3n) is 3.69. The van der Waals surface area contributed by atoms with Gasteiger partial charge in [-0.1, -0.05) is 17.7 Å². The Morgan fingerprint density at radius 2 is 1.91 bits per heavy atom. The van der Waals surface area contributed by atoms with Crippen molar-refractivity contribution in [2.45, 2.75) is 24.7 Å². The molecule has 120 valence electrons. The molecule has 5 nitrogen and oxygen atoms in total. The van der Waals surface area contributed by atoms with Crippen LogP contribution >= 0.6 is 11.6 Å². The van der Waals surface area contributed by atoms with Gasteiger partial charge in [0, 0.05) is 22.8 Å². The maximum atomic E-state index is 12.6. The number of hydrogen-bond donors (Lipinski definition) is 2. The molecular formula is C16H15ClN2O3S. The van der Waals surface area contributed by atoms with E-state index in [4.69, 9.17) is 11.6 Å². The molecule has 0 saturated heterocycles. The number of nitrogens with one attached hydrogen (secondary N) is 2. The van der Waals surface area contributed by atoms with Gasteiger partial charge in [0.2, 0.25) is 5.91 Å². The summed E-state index contributed by atoms with van der Waals surface area (Å²) in [5, 5.41) is 3.13. The fourth-order valence-corrected chi connectivity index (χ4v) is 4.08. The Bertz CT molecular complexity index is 894. The van der Waals surface area contributed by atoms with Crippen molar-refractivity contribution in [3.8, 4) is 0 Å². The van der Waals surface area contributed by atoms with Crippen LogP contribution in [0.25, 0.3) is 0 Å². The molecule has 3 rings (SSSR count). The second kappa shape index (κ2) is 5.86. The van der Waals surface area contributed by atoms with Gasteiger partial charge in [0.05, 0.1) is 4.90 Å². The number of rotatable bonds is 3. The van der Waals surface area contributed by atoms with Crippen LogP contribution in [0.15, 0.2) is 41.3 Å². The van der Waals surface area contributed by atoms with E-state index >= 15 is 0 Å². The van der Waals surface area contributed by atoms with Crippen LogP contribution in [0, 0.1) is 6.92 Å². The normalized spacial score (nSPS) is 14.1. The Balaban J connectivity index is 1.92. The van der Waals surface area contributed by atoms with E-state index in [1.807, 2.05) is 0 Å². The van der Waals surface area contributed by atoms with E-state index in [9.17, 15) is 13.2 Å². The third kappa shape index (κ3) is 3.33. The number of amides is 1. The van der Waals surface area contributed by atoms with Gasteiger partial charge in [-0.2, -0.15) is 0 Å². The van der Waals surface area contributed by atoms with Crippen LogP contribution < -0.4 is 10.0 Å². The molecule has 0 radical (unpaired) electrons. The number of carbonyl (C=O) groups excluding carboxylic acids is 1. The zero-order chi connectivity index (χ0) is 16.6. The van der Waals surface area contributed by atoms with Crippen LogP contribution in [-0.4, -0.2) is 14.3 Å². The van der Waals surface area contributed by atoms with E-state index in [1.54, 1.807) is 37.3 Å². The number of halogens is 1. The fraction of sp³-hybridized carbons (Fsp3) is 0.188. The molecule has 1 heterocycles. The molecule has 0 unspecified atom stereocenters. The summed E-state index contributed by atoms with van der Waals surface area (Å²) in [7, 11) is -3.73. The van der Waals surface area contributed by atoms with Crippen molar-refractivity contribution in [3.63, 3.8) is 0 Å². The summed E-state index contributed by atoms with van der Waals surface area (Å²) in [6, 6.07) is 9.82. The Hall–Kier alpha value is -2.05. The minimum Gasteiger partial charge on any atom is -0.326 e. The van der Waals surface area contributed by atoms with Crippen molar-refractivity contribution in [1.82, 2.24) is 0 Å². The van der Waals surface area contributed by atoms with Gasteiger partial charge in [-0.3, -0.25) is 9.52 Å². The van der Waals surface area contributed by atoms with Crippen LogP contribution in [-0.2, 0) is 21.2 Å². The summed E-state index contributed by atoms with van der Waals surface area (Å²) >= 11 is 5.90. The zero-order valence-corrected chi connectivity index (χ0v) is 14.0. The van der Waals surface area contributed by atoms with Gasteiger partial charge in [0.25, 0.3) is 10.0 Å². The van der Waals surface area contributed by atoms with Gasteiger partial charge >= 0.3 is 0 Å². The second-order valence-corrected chi connectivity index (χ2v) is 7.52.